The molecule has 0 bridgehead atoms. The lowest BCUT2D eigenvalue weighted by Crippen LogP contribution is -1.99. The summed E-state index contributed by atoms with van der Waals surface area (Å²) in [6.45, 7) is 12.9. The van der Waals surface area contributed by atoms with Crippen LogP contribution in [0.3, 0.4) is 0 Å². The van der Waals surface area contributed by atoms with Crippen LogP contribution in [0.4, 0.5) is 0 Å². The minimum Gasteiger partial charge on any atom is -0.0991 e. The van der Waals surface area contributed by atoms with Crippen molar-refractivity contribution in [2.24, 2.45) is 5.92 Å². The van der Waals surface area contributed by atoms with Crippen molar-refractivity contribution < 1.29 is 0 Å². The molecular formula is C24H30. The molecule has 0 nitrogen and oxygen atoms in total. The molecule has 0 aliphatic heterocycles. The molecule has 0 saturated heterocycles. The van der Waals surface area contributed by atoms with Crippen molar-refractivity contribution in [3.63, 3.8) is 0 Å². The molecule has 0 aliphatic carbocycles. The summed E-state index contributed by atoms with van der Waals surface area (Å²) >= 11 is 0. The summed E-state index contributed by atoms with van der Waals surface area (Å²) in [6, 6.07) is 13.3. The van der Waals surface area contributed by atoms with E-state index in [1.165, 1.54) is 40.3 Å². The van der Waals surface area contributed by atoms with Gasteiger partial charge in [-0.25, -0.2) is 0 Å². The lowest BCUT2D eigenvalue weighted by atomic mass is 9.86. The van der Waals surface area contributed by atoms with Crippen LogP contribution < -0.4 is 0 Å². The van der Waals surface area contributed by atoms with Gasteiger partial charge >= 0.3 is 0 Å². The zero-order chi connectivity index (χ0) is 17.5. The van der Waals surface area contributed by atoms with Crippen LogP contribution in [-0.2, 0) is 0 Å². The van der Waals surface area contributed by atoms with Crippen LogP contribution in [0.2, 0.25) is 0 Å². The topological polar surface area (TPSA) is 0 Å². The highest BCUT2D eigenvalue weighted by Crippen LogP contribution is 2.33. The van der Waals surface area contributed by atoms with Crippen molar-refractivity contribution in [2.45, 2.75) is 46.5 Å². The van der Waals surface area contributed by atoms with Gasteiger partial charge in [0.1, 0.15) is 0 Å². The van der Waals surface area contributed by atoms with Crippen LogP contribution in [0, 0.1) is 5.92 Å². The van der Waals surface area contributed by atoms with Gasteiger partial charge in [-0.05, 0) is 45.7 Å². The number of hydrogen-bond donors (Lipinski definition) is 0. The van der Waals surface area contributed by atoms with Crippen LogP contribution in [0.5, 0.6) is 0 Å². The van der Waals surface area contributed by atoms with Gasteiger partial charge in [0.25, 0.3) is 0 Å². The van der Waals surface area contributed by atoms with Gasteiger partial charge in [0, 0.05) is 0 Å². The fraction of sp³-hybridized carbons (Fsp3) is 0.333. The van der Waals surface area contributed by atoms with Crippen LogP contribution in [0.25, 0.3) is 16.8 Å². The number of allylic oxidation sites excluding steroid dienone is 4. The van der Waals surface area contributed by atoms with Gasteiger partial charge in [0.05, 0.1) is 0 Å². The van der Waals surface area contributed by atoms with Crippen molar-refractivity contribution in [2.75, 3.05) is 0 Å². The molecule has 0 radical (unpaired) electrons. The molecule has 2 aromatic rings. The molecular weight excluding hydrogens is 288 g/mol. The van der Waals surface area contributed by atoms with E-state index in [2.05, 4.69) is 82.8 Å². The minimum absolute atomic E-state index is 0.488. The van der Waals surface area contributed by atoms with E-state index in [1.807, 2.05) is 12.2 Å². The summed E-state index contributed by atoms with van der Waals surface area (Å²) < 4.78 is 0. The average Bonchev–Trinajstić information content (AvgIpc) is 2.58. The molecule has 1 unspecified atom stereocenters. The maximum absolute atomic E-state index is 3.80. The molecule has 0 heteroatoms. The van der Waals surface area contributed by atoms with Crippen LogP contribution >= 0.6 is 0 Å². The molecule has 2 aromatic carbocycles. The standard InChI is InChI=1S/C24H30/c1-6-8-12-21(18(3)4)17-22-16-15-20-13-9-10-14-23(20)24(22)19(5)11-7-2/h6,8-10,12-19H,1,7,11H2,2-5H3. The van der Waals surface area contributed by atoms with Crippen molar-refractivity contribution >= 4 is 16.8 Å². The smallest absolute Gasteiger partial charge is 0.0143 e. The Hall–Kier alpha value is -2.08. The third-order valence-electron chi connectivity index (χ3n) is 4.63. The Bertz CT molecular complexity index is 744. The predicted octanol–water partition coefficient (Wildman–Crippen LogP) is 7.53. The summed E-state index contributed by atoms with van der Waals surface area (Å²) in [7, 11) is 0. The fourth-order valence-electron chi connectivity index (χ4n) is 3.33. The quantitative estimate of drug-likeness (QED) is 0.463. The highest BCUT2D eigenvalue weighted by atomic mass is 14.2. The van der Waals surface area contributed by atoms with Crippen molar-refractivity contribution in [1.29, 1.82) is 0 Å². The summed E-state index contributed by atoms with van der Waals surface area (Å²) in [4.78, 5) is 0. The number of fused-ring (bicyclic) bond motifs is 1. The number of benzene rings is 2. The molecule has 0 spiro atoms. The van der Waals surface area contributed by atoms with Gasteiger partial charge in [-0.2, -0.15) is 0 Å². The first-order valence-corrected chi connectivity index (χ1v) is 9.10. The Morgan fingerprint density at radius 1 is 1.08 bits per heavy atom. The molecule has 0 N–H and O–H groups in total. The molecule has 126 valence electrons. The Labute approximate surface area is 147 Å². The first-order valence-electron chi connectivity index (χ1n) is 9.10. The summed E-state index contributed by atoms with van der Waals surface area (Å²) in [6.07, 6.45) is 10.8. The number of rotatable bonds is 7. The van der Waals surface area contributed by atoms with Crippen LogP contribution in [0.15, 0.2) is 66.8 Å². The molecule has 24 heavy (non-hydrogen) atoms. The second-order valence-electron chi connectivity index (χ2n) is 6.87. The third kappa shape index (κ3) is 4.26. The van der Waals surface area contributed by atoms with Crippen molar-refractivity contribution in [3.05, 3.63) is 77.9 Å². The summed E-state index contributed by atoms with van der Waals surface area (Å²) in [5.41, 5.74) is 4.18. The van der Waals surface area contributed by atoms with Crippen molar-refractivity contribution in [1.82, 2.24) is 0 Å². The Kier molecular flexibility index (Phi) is 6.61. The van der Waals surface area contributed by atoms with E-state index in [1.54, 1.807) is 0 Å². The predicted molar refractivity (Wildman–Crippen MR) is 109 cm³/mol. The second kappa shape index (κ2) is 8.68. The highest BCUT2D eigenvalue weighted by molar-refractivity contribution is 5.89. The largest absolute Gasteiger partial charge is 0.0991 e. The second-order valence-corrected chi connectivity index (χ2v) is 6.87. The van der Waals surface area contributed by atoms with Gasteiger partial charge < -0.3 is 0 Å². The summed E-state index contributed by atoms with van der Waals surface area (Å²) in [5, 5.41) is 2.73. The lowest BCUT2D eigenvalue weighted by Gasteiger charge is -2.18. The molecule has 0 fully saturated rings. The van der Waals surface area contributed by atoms with E-state index in [-0.39, 0.29) is 0 Å². The van der Waals surface area contributed by atoms with Crippen molar-refractivity contribution in [3.8, 4) is 0 Å². The molecule has 0 saturated carbocycles. The average molecular weight is 319 g/mol. The Balaban J connectivity index is 2.66. The molecule has 2 rings (SSSR count). The third-order valence-corrected chi connectivity index (χ3v) is 4.63. The zero-order valence-corrected chi connectivity index (χ0v) is 15.5. The Morgan fingerprint density at radius 3 is 2.50 bits per heavy atom. The van der Waals surface area contributed by atoms with E-state index in [0.29, 0.717) is 11.8 Å². The molecule has 0 amide bonds. The maximum atomic E-state index is 3.80. The first kappa shape index (κ1) is 18.3. The number of hydrogen-bond acceptors (Lipinski definition) is 0. The van der Waals surface area contributed by atoms with Gasteiger partial charge in [-0.1, -0.05) is 101 Å². The van der Waals surface area contributed by atoms with E-state index >= 15 is 0 Å². The molecule has 0 aromatic heterocycles. The zero-order valence-electron chi connectivity index (χ0n) is 15.5. The van der Waals surface area contributed by atoms with E-state index in [9.17, 15) is 0 Å². The highest BCUT2D eigenvalue weighted by Gasteiger charge is 2.13. The monoisotopic (exact) mass is 318 g/mol. The van der Waals surface area contributed by atoms with Crippen LogP contribution in [0.1, 0.15) is 57.6 Å². The lowest BCUT2D eigenvalue weighted by molar-refractivity contribution is 0.668. The van der Waals surface area contributed by atoms with Crippen LogP contribution in [-0.4, -0.2) is 0 Å². The van der Waals surface area contributed by atoms with E-state index in [0.717, 1.165) is 0 Å². The maximum Gasteiger partial charge on any atom is -0.0143 e. The molecule has 0 aliphatic rings. The van der Waals surface area contributed by atoms with Gasteiger partial charge in [-0.15, -0.1) is 0 Å². The normalized spacial score (nSPS) is 13.8. The van der Waals surface area contributed by atoms with E-state index in [4.69, 9.17) is 0 Å². The van der Waals surface area contributed by atoms with Gasteiger partial charge in [0.15, 0.2) is 0 Å². The van der Waals surface area contributed by atoms with Gasteiger partial charge in [-0.3, -0.25) is 0 Å². The fourth-order valence-corrected chi connectivity index (χ4v) is 3.33. The first-order chi connectivity index (χ1) is 11.6. The molecule has 0 heterocycles. The van der Waals surface area contributed by atoms with Gasteiger partial charge in [0.2, 0.25) is 0 Å². The minimum atomic E-state index is 0.488. The van der Waals surface area contributed by atoms with E-state index < -0.39 is 0 Å². The Morgan fingerprint density at radius 2 is 1.83 bits per heavy atom. The molecule has 1 atom stereocenters. The summed E-state index contributed by atoms with van der Waals surface area (Å²) in [5.74, 6) is 1.05. The SMILES string of the molecule is C=CC=CC(=Cc1ccc2ccccc2c1C(C)CCC)C(C)C.